The first kappa shape index (κ1) is 20.9. The number of hydrogen-bond donors (Lipinski definition) is 0. The molecule has 0 bridgehead atoms. The van der Waals surface area contributed by atoms with Crippen LogP contribution in [-0.2, 0) is 11.3 Å². The fourth-order valence-electron chi connectivity index (χ4n) is 3.98. The summed E-state index contributed by atoms with van der Waals surface area (Å²) in [6.45, 7) is 8.48. The number of hydrogen-bond acceptors (Lipinski definition) is 5. The fourth-order valence-corrected chi connectivity index (χ4v) is 4.92. The Morgan fingerprint density at radius 2 is 1.83 bits per heavy atom. The summed E-state index contributed by atoms with van der Waals surface area (Å²) >= 11 is 1.42. The number of rotatable bonds is 6. The van der Waals surface area contributed by atoms with E-state index in [0.717, 1.165) is 37.9 Å². The summed E-state index contributed by atoms with van der Waals surface area (Å²) in [6.07, 6.45) is 4.22. The molecule has 0 radical (unpaired) electrons. The molecule has 1 aliphatic rings. The molecule has 3 aromatic rings. The van der Waals surface area contributed by atoms with Crippen molar-refractivity contribution in [1.82, 2.24) is 24.1 Å². The van der Waals surface area contributed by atoms with E-state index in [1.807, 2.05) is 40.5 Å². The highest BCUT2D eigenvalue weighted by molar-refractivity contribution is 8.00. The van der Waals surface area contributed by atoms with Crippen molar-refractivity contribution in [1.29, 1.82) is 0 Å². The summed E-state index contributed by atoms with van der Waals surface area (Å²) in [5.41, 5.74) is 0.739. The van der Waals surface area contributed by atoms with E-state index in [9.17, 15) is 9.59 Å². The van der Waals surface area contributed by atoms with Crippen LogP contribution in [0.15, 0.2) is 34.2 Å². The second kappa shape index (κ2) is 8.79. The van der Waals surface area contributed by atoms with Gasteiger partial charge in [-0.15, -0.1) is 10.2 Å². The third-order valence-corrected chi connectivity index (χ3v) is 6.74. The molecule has 0 spiro atoms. The number of thioether (sulfide) groups is 1. The molecule has 0 saturated carbocycles. The monoisotopic (exact) mass is 427 g/mol. The molecule has 8 heteroatoms. The third kappa shape index (κ3) is 3.97. The van der Waals surface area contributed by atoms with Gasteiger partial charge in [-0.1, -0.05) is 37.7 Å². The number of aromatic nitrogens is 4. The molecule has 1 aromatic carbocycles. The number of likely N-dealkylation sites (tertiary alicyclic amines) is 1. The Hall–Kier alpha value is -2.35. The van der Waals surface area contributed by atoms with Gasteiger partial charge in [0.15, 0.2) is 5.16 Å². The number of amides is 1. The Balaban J connectivity index is 1.74. The number of aryl methyl sites for hydroxylation is 1. The second-order valence-electron chi connectivity index (χ2n) is 8.42. The summed E-state index contributed by atoms with van der Waals surface area (Å²) in [7, 11) is 0. The van der Waals surface area contributed by atoms with Crippen molar-refractivity contribution in [3.8, 4) is 0 Å². The maximum absolute atomic E-state index is 13.1. The Labute approximate surface area is 180 Å². The van der Waals surface area contributed by atoms with Crippen LogP contribution < -0.4 is 5.56 Å². The highest BCUT2D eigenvalue weighted by Gasteiger charge is 2.25. The van der Waals surface area contributed by atoms with Crippen LogP contribution in [0.4, 0.5) is 0 Å². The van der Waals surface area contributed by atoms with Gasteiger partial charge in [0, 0.05) is 19.6 Å². The average Bonchev–Trinajstić information content (AvgIpc) is 3.17. The van der Waals surface area contributed by atoms with Crippen LogP contribution in [0.2, 0.25) is 0 Å². The van der Waals surface area contributed by atoms with Gasteiger partial charge in [-0.25, -0.2) is 0 Å². The number of piperidine rings is 1. The first-order valence-corrected chi connectivity index (χ1v) is 11.7. The van der Waals surface area contributed by atoms with Crippen LogP contribution in [0.5, 0.6) is 0 Å². The van der Waals surface area contributed by atoms with Crippen molar-refractivity contribution >= 4 is 34.3 Å². The molecule has 4 rings (SSSR count). The number of para-hydroxylation sites is 1. The third-order valence-electron chi connectivity index (χ3n) is 5.71. The summed E-state index contributed by atoms with van der Waals surface area (Å²) in [5.74, 6) is 1.16. The molecule has 3 heterocycles. The lowest BCUT2D eigenvalue weighted by molar-refractivity contribution is -0.131. The van der Waals surface area contributed by atoms with Gasteiger partial charge in [0.25, 0.3) is 5.56 Å². The van der Waals surface area contributed by atoms with Gasteiger partial charge in [0.05, 0.1) is 16.2 Å². The van der Waals surface area contributed by atoms with E-state index < -0.39 is 0 Å². The van der Waals surface area contributed by atoms with Crippen LogP contribution in [0.1, 0.15) is 46.5 Å². The predicted molar refractivity (Wildman–Crippen MR) is 120 cm³/mol. The van der Waals surface area contributed by atoms with Crippen molar-refractivity contribution in [2.24, 2.45) is 5.92 Å². The summed E-state index contributed by atoms with van der Waals surface area (Å²) in [6, 6.07) is 7.55. The maximum Gasteiger partial charge on any atom is 0.262 e. The van der Waals surface area contributed by atoms with Gasteiger partial charge in [-0.3, -0.25) is 18.6 Å². The normalized spacial score (nSPS) is 15.9. The summed E-state index contributed by atoms with van der Waals surface area (Å²) in [5, 5.41) is 9.79. The van der Waals surface area contributed by atoms with Crippen LogP contribution in [0.25, 0.3) is 16.7 Å². The molecule has 160 valence electrons. The van der Waals surface area contributed by atoms with Crippen molar-refractivity contribution in [2.75, 3.05) is 13.1 Å². The van der Waals surface area contributed by atoms with E-state index in [2.05, 4.69) is 24.0 Å². The van der Waals surface area contributed by atoms with Crippen LogP contribution in [-0.4, -0.2) is 48.3 Å². The molecular formula is C22H29N5O2S. The smallest absolute Gasteiger partial charge is 0.262 e. The molecule has 7 nitrogen and oxygen atoms in total. The Bertz CT molecular complexity index is 1110. The minimum Gasteiger partial charge on any atom is -0.342 e. The summed E-state index contributed by atoms with van der Waals surface area (Å²) < 4.78 is 3.65. The number of benzene rings is 1. The molecule has 0 N–H and O–H groups in total. The lowest BCUT2D eigenvalue weighted by Crippen LogP contribution is -2.40. The minimum absolute atomic E-state index is 0.0415. The molecule has 1 aliphatic heterocycles. The average molecular weight is 428 g/mol. The Kier molecular flexibility index (Phi) is 6.13. The van der Waals surface area contributed by atoms with Gasteiger partial charge < -0.3 is 4.90 Å². The molecule has 0 aliphatic carbocycles. The van der Waals surface area contributed by atoms with E-state index >= 15 is 0 Å². The van der Waals surface area contributed by atoms with Gasteiger partial charge in [0.2, 0.25) is 11.7 Å². The van der Waals surface area contributed by atoms with E-state index in [4.69, 9.17) is 0 Å². The van der Waals surface area contributed by atoms with Crippen molar-refractivity contribution in [3.05, 3.63) is 34.6 Å². The zero-order valence-corrected chi connectivity index (χ0v) is 18.7. The second-order valence-corrected chi connectivity index (χ2v) is 9.73. The number of carbonyl (C=O) groups excluding carboxylic acids is 1. The molecule has 1 atom stereocenters. The number of carbonyl (C=O) groups is 1. The highest BCUT2D eigenvalue weighted by Crippen LogP contribution is 2.27. The van der Waals surface area contributed by atoms with E-state index in [0.29, 0.717) is 28.8 Å². The summed E-state index contributed by atoms with van der Waals surface area (Å²) in [4.78, 5) is 28.0. The lowest BCUT2D eigenvalue weighted by atomic mass is 10.1. The Morgan fingerprint density at radius 3 is 2.57 bits per heavy atom. The van der Waals surface area contributed by atoms with Crippen molar-refractivity contribution < 1.29 is 4.79 Å². The SMILES string of the molecule is CC(C)CCn1c(=O)c2ccccc2n2c(SC(C)C(=O)N3CCCCC3)nnc12. The first-order valence-electron chi connectivity index (χ1n) is 10.8. The lowest BCUT2D eigenvalue weighted by Gasteiger charge is -2.28. The zero-order valence-electron chi connectivity index (χ0n) is 17.9. The number of nitrogens with zero attached hydrogens (tertiary/aromatic N) is 5. The highest BCUT2D eigenvalue weighted by atomic mass is 32.2. The molecule has 1 unspecified atom stereocenters. The fraction of sp³-hybridized carbons (Fsp3) is 0.545. The topological polar surface area (TPSA) is 72.5 Å². The maximum atomic E-state index is 13.1. The predicted octanol–water partition coefficient (Wildman–Crippen LogP) is 3.58. The molecule has 30 heavy (non-hydrogen) atoms. The number of fused-ring (bicyclic) bond motifs is 3. The molecular weight excluding hydrogens is 398 g/mol. The van der Waals surface area contributed by atoms with Crippen LogP contribution >= 0.6 is 11.8 Å². The standard InChI is InChI=1S/C22H29N5O2S/c1-15(2)11-14-26-20(29)17-9-5-6-10-18(17)27-21(26)23-24-22(27)30-16(3)19(28)25-12-7-4-8-13-25/h5-6,9-10,15-16H,4,7-8,11-14H2,1-3H3. The minimum atomic E-state index is -0.259. The largest absolute Gasteiger partial charge is 0.342 e. The van der Waals surface area contributed by atoms with Crippen LogP contribution in [0, 0.1) is 5.92 Å². The van der Waals surface area contributed by atoms with Gasteiger partial charge in [0.1, 0.15) is 0 Å². The van der Waals surface area contributed by atoms with E-state index in [1.54, 1.807) is 4.57 Å². The molecule has 2 aromatic heterocycles. The van der Waals surface area contributed by atoms with Crippen LogP contribution in [0.3, 0.4) is 0 Å². The molecule has 1 saturated heterocycles. The quantitative estimate of drug-likeness (QED) is 0.562. The molecule has 1 fully saturated rings. The van der Waals surface area contributed by atoms with E-state index in [1.165, 1.54) is 18.2 Å². The Morgan fingerprint density at radius 1 is 1.10 bits per heavy atom. The van der Waals surface area contributed by atoms with Gasteiger partial charge in [-0.05, 0) is 50.7 Å². The van der Waals surface area contributed by atoms with Crippen molar-refractivity contribution in [2.45, 2.75) is 63.4 Å². The van der Waals surface area contributed by atoms with Gasteiger partial charge >= 0.3 is 0 Å². The first-order chi connectivity index (χ1) is 14.5. The van der Waals surface area contributed by atoms with Gasteiger partial charge in [-0.2, -0.15) is 0 Å². The zero-order chi connectivity index (χ0) is 21.3. The van der Waals surface area contributed by atoms with E-state index in [-0.39, 0.29) is 16.7 Å². The molecule has 1 amide bonds. The van der Waals surface area contributed by atoms with Crippen molar-refractivity contribution in [3.63, 3.8) is 0 Å².